The van der Waals surface area contributed by atoms with Crippen LogP contribution in [0.2, 0.25) is 0 Å². The highest BCUT2D eigenvalue weighted by molar-refractivity contribution is 5.95. The Hall–Kier alpha value is -1.34. The van der Waals surface area contributed by atoms with E-state index in [-0.39, 0.29) is 42.7 Å². The number of benzene rings is 1. The highest BCUT2D eigenvalue weighted by Gasteiger charge is 2.25. The van der Waals surface area contributed by atoms with Crippen molar-refractivity contribution in [2.75, 3.05) is 45.6 Å². The van der Waals surface area contributed by atoms with Gasteiger partial charge in [0.25, 0.3) is 5.91 Å². The fourth-order valence-electron chi connectivity index (χ4n) is 4.25. The van der Waals surface area contributed by atoms with Crippen LogP contribution >= 0.6 is 24.8 Å². The molecule has 2 amide bonds. The van der Waals surface area contributed by atoms with Gasteiger partial charge in [-0.3, -0.25) is 9.59 Å². The number of nitrogens with one attached hydrogen (secondary N) is 2. The average molecular weight is 459 g/mol. The van der Waals surface area contributed by atoms with Crippen molar-refractivity contribution in [2.24, 2.45) is 5.92 Å². The van der Waals surface area contributed by atoms with Crippen molar-refractivity contribution >= 4 is 42.3 Å². The normalized spacial score (nSPS) is 19.9. The molecule has 170 valence electrons. The summed E-state index contributed by atoms with van der Waals surface area (Å²) >= 11 is 0. The van der Waals surface area contributed by atoms with Gasteiger partial charge in [0, 0.05) is 37.3 Å². The van der Waals surface area contributed by atoms with Gasteiger partial charge in [-0.1, -0.05) is 0 Å². The fraction of sp³-hybridized carbons (Fsp3) is 0.636. The second-order valence-corrected chi connectivity index (χ2v) is 8.33. The van der Waals surface area contributed by atoms with Gasteiger partial charge in [-0.2, -0.15) is 0 Å². The van der Waals surface area contributed by atoms with Crippen LogP contribution in [-0.2, 0) is 4.79 Å². The second kappa shape index (κ2) is 13.2. The number of piperidine rings is 2. The molecule has 0 aromatic heterocycles. The summed E-state index contributed by atoms with van der Waals surface area (Å²) in [6.45, 7) is 4.15. The van der Waals surface area contributed by atoms with Crippen molar-refractivity contribution < 1.29 is 9.59 Å². The summed E-state index contributed by atoms with van der Waals surface area (Å²) in [5.41, 5.74) is 1.43. The third-order valence-electron chi connectivity index (χ3n) is 6.12. The predicted molar refractivity (Wildman–Crippen MR) is 127 cm³/mol. The molecule has 0 saturated carbocycles. The van der Waals surface area contributed by atoms with Crippen LogP contribution in [0.15, 0.2) is 24.3 Å². The van der Waals surface area contributed by atoms with Crippen molar-refractivity contribution in [1.82, 2.24) is 15.1 Å². The summed E-state index contributed by atoms with van der Waals surface area (Å²) in [4.78, 5) is 29.1. The quantitative estimate of drug-likeness (QED) is 0.685. The first kappa shape index (κ1) is 26.7. The lowest BCUT2D eigenvalue weighted by molar-refractivity contribution is -0.116. The van der Waals surface area contributed by atoms with Crippen molar-refractivity contribution in [3.63, 3.8) is 0 Å². The molecular weight excluding hydrogens is 423 g/mol. The minimum absolute atomic E-state index is 0. The molecule has 30 heavy (non-hydrogen) atoms. The Morgan fingerprint density at radius 1 is 1.13 bits per heavy atom. The number of carbonyl (C=O) groups is 2. The molecule has 1 unspecified atom stereocenters. The summed E-state index contributed by atoms with van der Waals surface area (Å²) in [5.74, 6) is 0.755. The Balaban J connectivity index is 0.00000225. The van der Waals surface area contributed by atoms with E-state index in [2.05, 4.69) is 22.6 Å². The molecule has 1 aromatic carbocycles. The van der Waals surface area contributed by atoms with Crippen molar-refractivity contribution in [3.05, 3.63) is 29.8 Å². The van der Waals surface area contributed by atoms with E-state index in [0.717, 1.165) is 64.0 Å². The number of hydrogen-bond acceptors (Lipinski definition) is 4. The number of hydrogen-bond donors (Lipinski definition) is 2. The average Bonchev–Trinajstić information content (AvgIpc) is 2.72. The van der Waals surface area contributed by atoms with Crippen LogP contribution in [-0.4, -0.2) is 67.9 Å². The lowest BCUT2D eigenvalue weighted by Crippen LogP contribution is -2.47. The molecule has 3 rings (SSSR count). The van der Waals surface area contributed by atoms with E-state index in [0.29, 0.717) is 17.9 Å². The first-order chi connectivity index (χ1) is 13.5. The van der Waals surface area contributed by atoms with Gasteiger partial charge in [-0.05, 0) is 89.0 Å². The Kier molecular flexibility index (Phi) is 11.7. The molecule has 2 saturated heterocycles. The number of likely N-dealkylation sites (N-methyl/N-ethyl adjacent to an activating group) is 2. The monoisotopic (exact) mass is 458 g/mol. The van der Waals surface area contributed by atoms with E-state index in [1.165, 1.54) is 0 Å². The Labute approximate surface area is 193 Å². The van der Waals surface area contributed by atoms with E-state index < -0.39 is 0 Å². The molecule has 2 aliphatic rings. The summed E-state index contributed by atoms with van der Waals surface area (Å²) in [6, 6.07) is 7.55. The van der Waals surface area contributed by atoms with E-state index >= 15 is 0 Å². The lowest BCUT2D eigenvalue weighted by Gasteiger charge is -2.35. The molecule has 0 radical (unpaired) electrons. The number of likely N-dealkylation sites (tertiary alicyclic amines) is 1. The number of amides is 2. The topological polar surface area (TPSA) is 64.7 Å². The van der Waals surface area contributed by atoms with E-state index in [1.54, 1.807) is 0 Å². The van der Waals surface area contributed by atoms with Gasteiger partial charge >= 0.3 is 0 Å². The van der Waals surface area contributed by atoms with Gasteiger partial charge in [0.15, 0.2) is 0 Å². The Morgan fingerprint density at radius 3 is 2.43 bits per heavy atom. The molecule has 2 aliphatic heterocycles. The van der Waals surface area contributed by atoms with Crippen molar-refractivity contribution in [3.8, 4) is 0 Å². The van der Waals surface area contributed by atoms with Crippen LogP contribution in [0.25, 0.3) is 0 Å². The van der Waals surface area contributed by atoms with Gasteiger partial charge in [0.1, 0.15) is 0 Å². The number of rotatable bonds is 6. The zero-order valence-corrected chi connectivity index (χ0v) is 19.7. The highest BCUT2D eigenvalue weighted by Crippen LogP contribution is 2.20. The number of anilines is 1. The van der Waals surface area contributed by atoms with Crippen LogP contribution < -0.4 is 10.6 Å². The standard InChI is InChI=1S/C22H34N4O2.2ClH/c1-25-15-3-4-20(16-25)26(2)22(28)18-6-8-19(9-7-18)24-21(27)10-5-17-11-13-23-14-12-17;;/h6-9,17,20,23H,3-5,10-16H2,1-2H3,(H,24,27);2*1H. The smallest absolute Gasteiger partial charge is 0.253 e. The maximum absolute atomic E-state index is 12.8. The number of carbonyl (C=O) groups excluding carboxylic acids is 2. The molecule has 8 heteroatoms. The van der Waals surface area contributed by atoms with Gasteiger partial charge < -0.3 is 20.4 Å². The summed E-state index contributed by atoms with van der Waals surface area (Å²) in [6.07, 6.45) is 6.01. The van der Waals surface area contributed by atoms with Gasteiger partial charge in [-0.25, -0.2) is 0 Å². The summed E-state index contributed by atoms with van der Waals surface area (Å²) < 4.78 is 0. The molecule has 2 heterocycles. The maximum Gasteiger partial charge on any atom is 0.253 e. The molecule has 1 atom stereocenters. The minimum atomic E-state index is 0. The first-order valence-electron chi connectivity index (χ1n) is 10.6. The van der Waals surface area contributed by atoms with Crippen molar-refractivity contribution in [2.45, 2.75) is 44.6 Å². The van der Waals surface area contributed by atoms with Gasteiger partial charge in [0.05, 0.1) is 0 Å². The second-order valence-electron chi connectivity index (χ2n) is 8.33. The van der Waals surface area contributed by atoms with Crippen LogP contribution in [0.5, 0.6) is 0 Å². The van der Waals surface area contributed by atoms with Gasteiger partial charge in [0.2, 0.25) is 5.91 Å². The van der Waals surface area contributed by atoms with Crippen LogP contribution in [0.4, 0.5) is 5.69 Å². The van der Waals surface area contributed by atoms with Crippen LogP contribution in [0.1, 0.15) is 48.9 Å². The molecule has 6 nitrogen and oxygen atoms in total. The highest BCUT2D eigenvalue weighted by atomic mass is 35.5. The Morgan fingerprint density at radius 2 is 1.80 bits per heavy atom. The van der Waals surface area contributed by atoms with E-state index in [9.17, 15) is 9.59 Å². The van der Waals surface area contributed by atoms with Gasteiger partial charge in [-0.15, -0.1) is 24.8 Å². The number of nitrogens with zero attached hydrogens (tertiary/aromatic N) is 2. The maximum atomic E-state index is 12.8. The van der Waals surface area contributed by atoms with Crippen LogP contribution in [0, 0.1) is 5.92 Å². The number of halogens is 2. The summed E-state index contributed by atoms with van der Waals surface area (Å²) in [5, 5.41) is 6.31. The molecule has 0 spiro atoms. The lowest BCUT2D eigenvalue weighted by atomic mass is 9.93. The summed E-state index contributed by atoms with van der Waals surface area (Å²) in [7, 11) is 4.00. The molecule has 2 fully saturated rings. The Bertz CT molecular complexity index is 666. The zero-order valence-electron chi connectivity index (χ0n) is 18.1. The third-order valence-corrected chi connectivity index (χ3v) is 6.12. The van der Waals surface area contributed by atoms with Crippen molar-refractivity contribution in [1.29, 1.82) is 0 Å². The third kappa shape index (κ3) is 7.73. The SMILES string of the molecule is CN1CCCC(N(C)C(=O)c2ccc(NC(=O)CCC3CCNCC3)cc2)C1.Cl.Cl. The fourth-order valence-corrected chi connectivity index (χ4v) is 4.25. The molecule has 1 aromatic rings. The van der Waals surface area contributed by atoms with E-state index in [1.807, 2.05) is 36.2 Å². The largest absolute Gasteiger partial charge is 0.337 e. The zero-order chi connectivity index (χ0) is 19.9. The minimum Gasteiger partial charge on any atom is -0.337 e. The molecule has 0 bridgehead atoms. The van der Waals surface area contributed by atoms with Crippen LogP contribution in [0.3, 0.4) is 0 Å². The first-order valence-corrected chi connectivity index (χ1v) is 10.6. The predicted octanol–water partition coefficient (Wildman–Crippen LogP) is 3.41. The molecule has 0 aliphatic carbocycles. The van der Waals surface area contributed by atoms with E-state index in [4.69, 9.17) is 0 Å². The molecule has 2 N–H and O–H groups in total. The molecular formula is C22H36Cl2N4O2.